The molecule has 4 nitrogen and oxygen atoms in total. The van der Waals surface area contributed by atoms with E-state index in [9.17, 15) is 9.59 Å². The van der Waals surface area contributed by atoms with Crippen LogP contribution in [-0.2, 0) is 14.3 Å². The van der Waals surface area contributed by atoms with Gasteiger partial charge >= 0.3 is 5.97 Å². The van der Waals surface area contributed by atoms with Gasteiger partial charge in [0.05, 0.1) is 6.04 Å². The zero-order valence-corrected chi connectivity index (χ0v) is 14.8. The van der Waals surface area contributed by atoms with Crippen LogP contribution in [0.4, 0.5) is 0 Å². The van der Waals surface area contributed by atoms with E-state index < -0.39 is 5.97 Å². The molecule has 1 N–H and O–H groups in total. The zero-order valence-electron chi connectivity index (χ0n) is 13.2. The number of amides is 1. The molecule has 1 atom stereocenters. The summed E-state index contributed by atoms with van der Waals surface area (Å²) in [5.41, 5.74) is 1.87. The van der Waals surface area contributed by atoms with Crippen LogP contribution in [0.15, 0.2) is 65.1 Å². The van der Waals surface area contributed by atoms with Crippen LogP contribution in [0.25, 0.3) is 6.08 Å². The summed E-state index contributed by atoms with van der Waals surface area (Å²) >= 11 is 3.37. The third kappa shape index (κ3) is 6.01. The fourth-order valence-corrected chi connectivity index (χ4v) is 2.30. The Morgan fingerprint density at radius 1 is 1.12 bits per heavy atom. The number of rotatable bonds is 6. The lowest BCUT2D eigenvalue weighted by atomic mass is 10.1. The third-order valence-electron chi connectivity index (χ3n) is 3.30. The smallest absolute Gasteiger partial charge is 0.331 e. The highest BCUT2D eigenvalue weighted by atomic mass is 79.9. The second-order valence-electron chi connectivity index (χ2n) is 5.19. The van der Waals surface area contributed by atoms with Gasteiger partial charge in [-0.05, 0) is 36.3 Å². The number of carbonyl (C=O) groups is 2. The van der Waals surface area contributed by atoms with Gasteiger partial charge in [-0.15, -0.1) is 0 Å². The second-order valence-corrected chi connectivity index (χ2v) is 6.11. The molecule has 5 heteroatoms. The van der Waals surface area contributed by atoms with Gasteiger partial charge in [-0.25, -0.2) is 4.79 Å². The maximum atomic E-state index is 11.9. The van der Waals surface area contributed by atoms with Crippen LogP contribution in [0.2, 0.25) is 0 Å². The van der Waals surface area contributed by atoms with Crippen LogP contribution in [0.3, 0.4) is 0 Å². The van der Waals surface area contributed by atoms with Crippen molar-refractivity contribution in [1.82, 2.24) is 5.32 Å². The Morgan fingerprint density at radius 2 is 1.79 bits per heavy atom. The molecule has 0 aromatic heterocycles. The summed E-state index contributed by atoms with van der Waals surface area (Å²) < 4.78 is 5.91. The van der Waals surface area contributed by atoms with Crippen molar-refractivity contribution < 1.29 is 14.3 Å². The molecular weight excluding hydrogens is 370 g/mol. The van der Waals surface area contributed by atoms with Crippen molar-refractivity contribution in [2.24, 2.45) is 0 Å². The van der Waals surface area contributed by atoms with Crippen LogP contribution >= 0.6 is 15.9 Å². The molecule has 0 bridgehead atoms. The van der Waals surface area contributed by atoms with Crippen LogP contribution < -0.4 is 5.32 Å². The number of benzene rings is 2. The molecule has 0 aliphatic rings. The van der Waals surface area contributed by atoms with E-state index in [4.69, 9.17) is 4.74 Å². The Hall–Kier alpha value is -2.40. The molecule has 0 saturated heterocycles. The van der Waals surface area contributed by atoms with E-state index >= 15 is 0 Å². The SMILES string of the molecule is C[C@@H](NC(=O)COC(=O)/C=C/c1ccccc1)c1ccc(Br)cc1. The first-order valence-electron chi connectivity index (χ1n) is 7.49. The lowest BCUT2D eigenvalue weighted by molar-refractivity contribution is -0.144. The van der Waals surface area contributed by atoms with Gasteiger partial charge in [0.1, 0.15) is 0 Å². The highest BCUT2D eigenvalue weighted by Crippen LogP contribution is 2.16. The monoisotopic (exact) mass is 387 g/mol. The minimum absolute atomic E-state index is 0.163. The molecule has 0 aliphatic carbocycles. The molecular formula is C19H18BrNO3. The summed E-state index contributed by atoms with van der Waals surface area (Å²) in [5, 5.41) is 2.79. The topological polar surface area (TPSA) is 55.4 Å². The van der Waals surface area contributed by atoms with Crippen molar-refractivity contribution in [3.63, 3.8) is 0 Å². The van der Waals surface area contributed by atoms with Crippen LogP contribution in [0, 0.1) is 0 Å². The number of hydrogen-bond acceptors (Lipinski definition) is 3. The molecule has 2 aromatic carbocycles. The standard InChI is InChI=1S/C19H18BrNO3/c1-14(16-8-10-17(20)11-9-16)21-18(22)13-24-19(23)12-7-15-5-3-2-4-6-15/h2-12,14H,13H2,1H3,(H,21,22)/b12-7+/t14-/m1/s1. The van der Waals surface area contributed by atoms with Gasteiger partial charge in [-0.1, -0.05) is 58.4 Å². The van der Waals surface area contributed by atoms with Crippen molar-refractivity contribution >= 4 is 33.9 Å². The Labute approximate surface area is 149 Å². The number of nitrogens with one attached hydrogen (secondary N) is 1. The molecule has 124 valence electrons. The predicted molar refractivity (Wildman–Crippen MR) is 97.1 cm³/mol. The van der Waals surface area contributed by atoms with E-state index in [1.54, 1.807) is 6.08 Å². The Bertz CT molecular complexity index is 711. The molecule has 0 fully saturated rings. The van der Waals surface area contributed by atoms with Gasteiger partial charge in [0.15, 0.2) is 6.61 Å². The minimum atomic E-state index is -0.551. The zero-order chi connectivity index (χ0) is 17.4. The van der Waals surface area contributed by atoms with E-state index in [1.807, 2.05) is 61.5 Å². The first kappa shape index (κ1) is 17.9. The number of halogens is 1. The average molecular weight is 388 g/mol. The quantitative estimate of drug-likeness (QED) is 0.604. The lowest BCUT2D eigenvalue weighted by Gasteiger charge is -2.14. The van der Waals surface area contributed by atoms with Gasteiger partial charge in [0.25, 0.3) is 5.91 Å². The molecule has 0 radical (unpaired) electrons. The Balaban J connectivity index is 1.77. The predicted octanol–water partition coefficient (Wildman–Crippen LogP) is 3.88. The maximum Gasteiger partial charge on any atom is 0.331 e. The molecule has 0 unspecified atom stereocenters. The molecule has 1 amide bonds. The van der Waals surface area contributed by atoms with Crippen LogP contribution in [0.1, 0.15) is 24.1 Å². The fourth-order valence-electron chi connectivity index (χ4n) is 2.03. The van der Waals surface area contributed by atoms with Crippen molar-refractivity contribution in [2.75, 3.05) is 6.61 Å². The second kappa shape index (κ2) is 9.03. The van der Waals surface area contributed by atoms with Crippen molar-refractivity contribution in [1.29, 1.82) is 0 Å². The van der Waals surface area contributed by atoms with Gasteiger partial charge in [0, 0.05) is 10.5 Å². The molecule has 24 heavy (non-hydrogen) atoms. The van der Waals surface area contributed by atoms with Crippen molar-refractivity contribution in [3.8, 4) is 0 Å². The normalized spacial score (nSPS) is 11.9. The number of carbonyl (C=O) groups excluding carboxylic acids is 2. The maximum absolute atomic E-state index is 11.9. The van der Waals surface area contributed by atoms with Crippen molar-refractivity contribution in [2.45, 2.75) is 13.0 Å². The van der Waals surface area contributed by atoms with E-state index in [2.05, 4.69) is 21.2 Å². The highest BCUT2D eigenvalue weighted by Gasteiger charge is 2.10. The molecule has 0 heterocycles. The largest absolute Gasteiger partial charge is 0.452 e. The Morgan fingerprint density at radius 3 is 2.46 bits per heavy atom. The van der Waals surface area contributed by atoms with Gasteiger partial charge in [-0.3, -0.25) is 4.79 Å². The van der Waals surface area contributed by atoms with E-state index in [-0.39, 0.29) is 18.6 Å². The number of esters is 1. The summed E-state index contributed by atoms with van der Waals surface area (Å²) in [6.07, 6.45) is 2.95. The first-order chi connectivity index (χ1) is 11.5. The summed E-state index contributed by atoms with van der Waals surface area (Å²) in [7, 11) is 0. The third-order valence-corrected chi connectivity index (χ3v) is 3.83. The van der Waals surface area contributed by atoms with E-state index in [1.165, 1.54) is 6.08 Å². The summed E-state index contributed by atoms with van der Waals surface area (Å²) in [5.74, 6) is -0.892. The van der Waals surface area contributed by atoms with Gasteiger partial charge < -0.3 is 10.1 Å². The fraction of sp³-hybridized carbons (Fsp3) is 0.158. The van der Waals surface area contributed by atoms with Crippen LogP contribution in [0.5, 0.6) is 0 Å². The van der Waals surface area contributed by atoms with Gasteiger partial charge in [0.2, 0.25) is 0 Å². The summed E-state index contributed by atoms with van der Waals surface area (Å²) in [4.78, 5) is 23.5. The molecule has 0 saturated carbocycles. The summed E-state index contributed by atoms with van der Waals surface area (Å²) in [6, 6.07) is 16.9. The lowest BCUT2D eigenvalue weighted by Crippen LogP contribution is -2.30. The molecule has 2 aromatic rings. The highest BCUT2D eigenvalue weighted by molar-refractivity contribution is 9.10. The minimum Gasteiger partial charge on any atom is -0.452 e. The van der Waals surface area contributed by atoms with Crippen LogP contribution in [-0.4, -0.2) is 18.5 Å². The average Bonchev–Trinajstić information content (AvgIpc) is 2.59. The number of ether oxygens (including phenoxy) is 1. The molecule has 2 rings (SSSR count). The molecule has 0 aliphatic heterocycles. The summed E-state index contributed by atoms with van der Waals surface area (Å²) in [6.45, 7) is 1.57. The Kier molecular flexibility index (Phi) is 6.75. The van der Waals surface area contributed by atoms with E-state index in [0.717, 1.165) is 15.6 Å². The van der Waals surface area contributed by atoms with Crippen molar-refractivity contribution in [3.05, 3.63) is 76.3 Å². The first-order valence-corrected chi connectivity index (χ1v) is 8.28. The van der Waals surface area contributed by atoms with Gasteiger partial charge in [-0.2, -0.15) is 0 Å². The van der Waals surface area contributed by atoms with E-state index in [0.29, 0.717) is 0 Å². The molecule has 0 spiro atoms. The number of hydrogen-bond donors (Lipinski definition) is 1.